The summed E-state index contributed by atoms with van der Waals surface area (Å²) < 4.78 is 29.6. The molecule has 0 saturated heterocycles. The van der Waals surface area contributed by atoms with Gasteiger partial charge in [0.05, 0.1) is 5.75 Å². The molecule has 6 heteroatoms. The van der Waals surface area contributed by atoms with Crippen LogP contribution in [-0.4, -0.2) is 18.7 Å². The fraction of sp³-hybridized carbons (Fsp3) is 0.333. The maximum Gasteiger partial charge on any atom is 0.264 e. The molecular formula is C9H14NO3PS. The second-order valence-corrected chi connectivity index (χ2v) is 5.05. The second kappa shape index (κ2) is 5.45. The van der Waals surface area contributed by atoms with E-state index in [1.54, 1.807) is 0 Å². The van der Waals surface area contributed by atoms with Crippen LogP contribution in [0.25, 0.3) is 0 Å². The summed E-state index contributed by atoms with van der Waals surface area (Å²) in [6.45, 7) is 0. The first-order valence-electron chi connectivity index (χ1n) is 4.52. The number of hydrogen-bond donors (Lipinski definition) is 2. The molecule has 0 amide bonds. The minimum atomic E-state index is -3.84. The van der Waals surface area contributed by atoms with Gasteiger partial charge in [-0.2, -0.15) is 8.42 Å². The van der Waals surface area contributed by atoms with Gasteiger partial charge in [-0.1, -0.05) is 18.2 Å². The van der Waals surface area contributed by atoms with Gasteiger partial charge in [0.2, 0.25) is 0 Å². The number of nitrogens with one attached hydrogen (secondary N) is 1. The molecule has 84 valence electrons. The topological polar surface area (TPSA) is 66.4 Å². The fourth-order valence-corrected chi connectivity index (χ4v) is 2.11. The molecule has 4 nitrogen and oxygen atoms in total. The first-order valence-corrected chi connectivity index (χ1v) is 6.71. The van der Waals surface area contributed by atoms with E-state index < -0.39 is 10.1 Å². The van der Waals surface area contributed by atoms with Crippen molar-refractivity contribution >= 4 is 25.2 Å². The van der Waals surface area contributed by atoms with Gasteiger partial charge in [-0.15, -0.1) is 0 Å². The lowest BCUT2D eigenvalue weighted by molar-refractivity contribution is 0.481. The van der Waals surface area contributed by atoms with Crippen molar-refractivity contribution in [3.05, 3.63) is 29.8 Å². The van der Waals surface area contributed by atoms with Crippen LogP contribution in [0.4, 0.5) is 5.69 Å². The zero-order chi connectivity index (χ0) is 11.3. The Labute approximate surface area is 92.1 Å². The third-order valence-corrected chi connectivity index (χ3v) is 3.14. The van der Waals surface area contributed by atoms with E-state index in [0.29, 0.717) is 12.8 Å². The SMILES string of the molecule is O=S(=O)(O)CCCc1ccccc1NP. The Kier molecular flexibility index (Phi) is 4.51. The molecule has 1 atom stereocenters. The maximum absolute atomic E-state index is 10.5. The van der Waals surface area contributed by atoms with E-state index in [1.165, 1.54) is 0 Å². The van der Waals surface area contributed by atoms with Crippen LogP contribution in [0.5, 0.6) is 0 Å². The highest BCUT2D eigenvalue weighted by atomic mass is 32.2. The lowest BCUT2D eigenvalue weighted by Gasteiger charge is -2.07. The number of aryl methyl sites for hydroxylation is 1. The summed E-state index contributed by atoms with van der Waals surface area (Å²) in [6, 6.07) is 7.64. The maximum atomic E-state index is 10.5. The van der Waals surface area contributed by atoms with Crippen LogP contribution in [-0.2, 0) is 16.5 Å². The van der Waals surface area contributed by atoms with Crippen molar-refractivity contribution in [1.29, 1.82) is 0 Å². The molecule has 0 fully saturated rings. The van der Waals surface area contributed by atoms with E-state index >= 15 is 0 Å². The molecular weight excluding hydrogens is 233 g/mol. The average molecular weight is 247 g/mol. The van der Waals surface area contributed by atoms with Gasteiger partial charge in [-0.05, 0) is 33.9 Å². The van der Waals surface area contributed by atoms with Gasteiger partial charge in [-0.3, -0.25) is 4.55 Å². The Hall–Kier alpha value is -0.640. The molecule has 0 aromatic heterocycles. The highest BCUT2D eigenvalue weighted by Crippen LogP contribution is 2.18. The van der Waals surface area contributed by atoms with Crippen LogP contribution in [0, 0.1) is 0 Å². The summed E-state index contributed by atoms with van der Waals surface area (Å²) in [5, 5.41) is 2.95. The largest absolute Gasteiger partial charge is 0.369 e. The summed E-state index contributed by atoms with van der Waals surface area (Å²) in [6.07, 6.45) is 1.04. The van der Waals surface area contributed by atoms with Crippen molar-refractivity contribution in [2.75, 3.05) is 10.8 Å². The quantitative estimate of drug-likeness (QED) is 0.614. The van der Waals surface area contributed by atoms with E-state index in [1.807, 2.05) is 24.3 Å². The van der Waals surface area contributed by atoms with E-state index in [-0.39, 0.29) is 5.75 Å². The molecule has 0 bridgehead atoms. The van der Waals surface area contributed by atoms with E-state index in [4.69, 9.17) is 4.55 Å². The van der Waals surface area contributed by atoms with Gasteiger partial charge in [0.1, 0.15) is 0 Å². The molecule has 15 heavy (non-hydrogen) atoms. The normalized spacial score (nSPS) is 11.3. The number of para-hydroxylation sites is 1. The number of hydrogen-bond acceptors (Lipinski definition) is 3. The van der Waals surface area contributed by atoms with Crippen molar-refractivity contribution in [3.63, 3.8) is 0 Å². The molecule has 0 aliphatic carbocycles. The third-order valence-electron chi connectivity index (χ3n) is 2.02. The zero-order valence-electron chi connectivity index (χ0n) is 8.18. The van der Waals surface area contributed by atoms with Crippen molar-refractivity contribution in [2.24, 2.45) is 0 Å². The summed E-state index contributed by atoms with van der Waals surface area (Å²) in [5.41, 5.74) is 1.99. The standard InChI is InChI=1S/C9H14NO3PS/c11-15(12,13)7-3-5-8-4-1-2-6-9(8)10-14/h1-2,4,6,10H,3,5,7,14H2,(H,11,12,13). The summed E-state index contributed by atoms with van der Waals surface area (Å²) in [7, 11) is -1.44. The van der Waals surface area contributed by atoms with E-state index in [2.05, 4.69) is 14.5 Å². The predicted molar refractivity (Wildman–Crippen MR) is 64.5 cm³/mol. The van der Waals surface area contributed by atoms with Gasteiger partial charge < -0.3 is 5.09 Å². The number of benzene rings is 1. The van der Waals surface area contributed by atoms with Crippen LogP contribution >= 0.6 is 9.39 Å². The smallest absolute Gasteiger partial charge is 0.264 e. The second-order valence-electron chi connectivity index (χ2n) is 3.19. The predicted octanol–water partition coefficient (Wildman–Crippen LogP) is 1.71. The summed E-state index contributed by atoms with van der Waals surface area (Å²) in [4.78, 5) is 0. The minimum absolute atomic E-state index is 0.196. The van der Waals surface area contributed by atoms with Gasteiger partial charge in [0.25, 0.3) is 10.1 Å². The molecule has 1 aromatic rings. The van der Waals surface area contributed by atoms with Gasteiger partial charge in [0.15, 0.2) is 0 Å². The van der Waals surface area contributed by atoms with Gasteiger partial charge in [0, 0.05) is 5.69 Å². The Bertz CT molecular complexity index is 419. The first kappa shape index (κ1) is 12.4. The van der Waals surface area contributed by atoms with Crippen LogP contribution < -0.4 is 5.09 Å². The molecule has 1 aromatic carbocycles. The number of anilines is 1. The van der Waals surface area contributed by atoms with Crippen LogP contribution in [0.1, 0.15) is 12.0 Å². The first-order chi connectivity index (χ1) is 7.03. The molecule has 0 spiro atoms. The zero-order valence-corrected chi connectivity index (χ0v) is 10.2. The molecule has 0 aliphatic rings. The molecule has 0 heterocycles. The molecule has 1 unspecified atom stereocenters. The summed E-state index contributed by atoms with van der Waals surface area (Å²) >= 11 is 0. The molecule has 0 radical (unpaired) electrons. The van der Waals surface area contributed by atoms with Crippen LogP contribution in [0.2, 0.25) is 0 Å². The fourth-order valence-electron chi connectivity index (χ4n) is 1.32. The van der Waals surface area contributed by atoms with Gasteiger partial charge >= 0.3 is 0 Å². The lowest BCUT2D eigenvalue weighted by atomic mass is 10.1. The lowest BCUT2D eigenvalue weighted by Crippen LogP contribution is -2.05. The Morgan fingerprint density at radius 1 is 1.33 bits per heavy atom. The van der Waals surface area contributed by atoms with E-state index in [9.17, 15) is 8.42 Å². The molecule has 2 N–H and O–H groups in total. The third kappa shape index (κ3) is 4.60. The van der Waals surface area contributed by atoms with Crippen molar-refractivity contribution in [2.45, 2.75) is 12.8 Å². The van der Waals surface area contributed by atoms with Crippen molar-refractivity contribution in [3.8, 4) is 0 Å². The minimum Gasteiger partial charge on any atom is -0.369 e. The van der Waals surface area contributed by atoms with Crippen LogP contribution in [0.3, 0.4) is 0 Å². The Balaban J connectivity index is 2.58. The molecule has 1 rings (SSSR count). The molecule has 0 saturated carbocycles. The summed E-state index contributed by atoms with van der Waals surface area (Å²) in [5.74, 6) is -0.196. The molecule has 0 aliphatic heterocycles. The Morgan fingerprint density at radius 3 is 2.60 bits per heavy atom. The van der Waals surface area contributed by atoms with E-state index in [0.717, 1.165) is 11.3 Å². The highest BCUT2D eigenvalue weighted by molar-refractivity contribution is 7.85. The highest BCUT2D eigenvalue weighted by Gasteiger charge is 2.05. The average Bonchev–Trinajstić information content (AvgIpc) is 2.16. The van der Waals surface area contributed by atoms with Crippen molar-refractivity contribution < 1.29 is 13.0 Å². The Morgan fingerprint density at radius 2 is 2.00 bits per heavy atom. The van der Waals surface area contributed by atoms with Gasteiger partial charge in [-0.25, -0.2) is 0 Å². The monoisotopic (exact) mass is 247 g/mol. The van der Waals surface area contributed by atoms with Crippen LogP contribution in [0.15, 0.2) is 24.3 Å². The number of rotatable bonds is 5. The van der Waals surface area contributed by atoms with Crippen molar-refractivity contribution in [1.82, 2.24) is 0 Å².